The van der Waals surface area contributed by atoms with Crippen LogP contribution in [0, 0.1) is 17.8 Å². The predicted octanol–water partition coefficient (Wildman–Crippen LogP) is 5.55. The Hall–Kier alpha value is -0.880. The lowest BCUT2D eigenvalue weighted by Crippen LogP contribution is -2.32. The fourth-order valence-corrected chi connectivity index (χ4v) is 3.40. The van der Waals surface area contributed by atoms with Crippen LogP contribution in [-0.4, -0.2) is 25.7 Å². The Morgan fingerprint density at radius 3 is 2.12 bits per heavy atom. The molecule has 0 aromatic carbocycles. The molecule has 1 heterocycles. The van der Waals surface area contributed by atoms with Crippen molar-refractivity contribution in [3.8, 4) is 0 Å². The van der Waals surface area contributed by atoms with E-state index in [0.29, 0.717) is 5.92 Å². The molecular weight excluding hydrogens is 324 g/mol. The average Bonchev–Trinajstić information content (AvgIpc) is 2.53. The third-order valence-corrected chi connectivity index (χ3v) is 4.69. The van der Waals surface area contributed by atoms with Gasteiger partial charge >= 0.3 is 6.18 Å². The van der Waals surface area contributed by atoms with Crippen LogP contribution in [0.5, 0.6) is 0 Å². The second-order valence-electron chi connectivity index (χ2n) is 6.78. The Morgan fingerprint density at radius 1 is 1.00 bits per heavy atom. The van der Waals surface area contributed by atoms with E-state index in [9.17, 15) is 17.6 Å². The molecule has 2 nitrogen and oxygen atoms in total. The average molecular weight is 350 g/mol. The lowest BCUT2D eigenvalue weighted by molar-refractivity contribution is -0.182. The quantitative estimate of drug-likeness (QED) is 0.478. The number of halogens is 4. The maximum absolute atomic E-state index is 13.4. The van der Waals surface area contributed by atoms with E-state index < -0.39 is 24.4 Å². The summed E-state index contributed by atoms with van der Waals surface area (Å²) >= 11 is 0. The summed E-state index contributed by atoms with van der Waals surface area (Å²) in [6, 6.07) is 0. The highest BCUT2D eigenvalue weighted by Gasteiger charge is 2.31. The first kappa shape index (κ1) is 19.4. The van der Waals surface area contributed by atoms with Gasteiger partial charge in [-0.15, -0.1) is 0 Å². The lowest BCUT2D eigenvalue weighted by Gasteiger charge is -2.29. The predicted molar refractivity (Wildman–Crippen MR) is 83.9 cm³/mol. The van der Waals surface area contributed by atoms with Crippen molar-refractivity contribution in [3.63, 3.8) is 0 Å². The van der Waals surface area contributed by atoms with Crippen molar-refractivity contribution in [1.29, 1.82) is 0 Å². The van der Waals surface area contributed by atoms with Crippen molar-refractivity contribution in [2.45, 2.75) is 57.9 Å². The number of hydrogen-bond acceptors (Lipinski definition) is 2. The Bertz CT molecular complexity index is 429. The van der Waals surface area contributed by atoms with Gasteiger partial charge in [0.05, 0.1) is 19.3 Å². The number of hydrogen-bond donors (Lipinski definition) is 0. The number of ether oxygens (including phenoxy) is 2. The summed E-state index contributed by atoms with van der Waals surface area (Å²) in [5.74, 6) is -0.0599. The van der Waals surface area contributed by atoms with E-state index in [2.05, 4.69) is 13.0 Å². The Labute approximate surface area is 140 Å². The largest absolute Gasteiger partial charge is 0.412 e. The fourth-order valence-electron chi connectivity index (χ4n) is 3.40. The van der Waals surface area contributed by atoms with Gasteiger partial charge in [0, 0.05) is 5.92 Å². The van der Waals surface area contributed by atoms with Gasteiger partial charge in [-0.05, 0) is 37.5 Å². The molecule has 0 unspecified atom stereocenters. The number of allylic oxidation sites excluding steroid dienone is 2. The summed E-state index contributed by atoms with van der Waals surface area (Å²) in [6.45, 7) is 2.56. The molecule has 2 fully saturated rings. The summed E-state index contributed by atoms with van der Waals surface area (Å²) in [5, 5.41) is 0. The highest BCUT2D eigenvalue weighted by molar-refractivity contribution is 5.02. The standard InChI is InChI=1S/C18H26F4O2/c1-2-3-13-4-6-14(7-5-13)8-9-15-11-23-17(24-12-15)16(19)10-18(20,21)22/h8-10,13-15,17H,2-7,11-12H2,1H3/b9-8+,16-10-. The van der Waals surface area contributed by atoms with Gasteiger partial charge in [-0.1, -0.05) is 31.9 Å². The summed E-state index contributed by atoms with van der Waals surface area (Å²) in [6.07, 6.45) is 4.94. The van der Waals surface area contributed by atoms with Crippen molar-refractivity contribution in [3.05, 3.63) is 24.1 Å². The Morgan fingerprint density at radius 2 is 1.58 bits per heavy atom. The van der Waals surface area contributed by atoms with Crippen LogP contribution in [0.4, 0.5) is 17.6 Å². The molecule has 0 aromatic heterocycles. The monoisotopic (exact) mass is 350 g/mol. The molecule has 0 N–H and O–H groups in total. The Balaban J connectivity index is 1.72. The molecule has 0 amide bonds. The highest BCUT2D eigenvalue weighted by Crippen LogP contribution is 2.32. The van der Waals surface area contributed by atoms with Crippen LogP contribution in [0.3, 0.4) is 0 Å². The van der Waals surface area contributed by atoms with Crippen molar-refractivity contribution in [2.24, 2.45) is 17.8 Å². The van der Waals surface area contributed by atoms with Gasteiger partial charge in [-0.3, -0.25) is 0 Å². The molecule has 1 saturated carbocycles. The van der Waals surface area contributed by atoms with Crippen molar-refractivity contribution in [2.75, 3.05) is 13.2 Å². The molecule has 0 aromatic rings. The molecule has 6 heteroatoms. The third kappa shape index (κ3) is 6.55. The molecule has 1 saturated heterocycles. The molecule has 0 spiro atoms. The summed E-state index contributed by atoms with van der Waals surface area (Å²) in [7, 11) is 0. The molecule has 0 atom stereocenters. The van der Waals surface area contributed by atoms with E-state index in [1.54, 1.807) is 0 Å². The van der Waals surface area contributed by atoms with Crippen LogP contribution in [0.1, 0.15) is 45.4 Å². The van der Waals surface area contributed by atoms with Crippen LogP contribution in [0.25, 0.3) is 0 Å². The molecule has 138 valence electrons. The van der Waals surface area contributed by atoms with Gasteiger partial charge in [0.15, 0.2) is 5.83 Å². The topological polar surface area (TPSA) is 18.5 Å². The second kappa shape index (κ2) is 8.99. The molecule has 1 aliphatic heterocycles. The lowest BCUT2D eigenvalue weighted by atomic mass is 9.80. The van der Waals surface area contributed by atoms with Crippen LogP contribution < -0.4 is 0 Å². The van der Waals surface area contributed by atoms with Gasteiger partial charge < -0.3 is 9.47 Å². The summed E-state index contributed by atoms with van der Waals surface area (Å²) < 4.78 is 59.8. The van der Waals surface area contributed by atoms with E-state index in [1.807, 2.05) is 6.08 Å². The van der Waals surface area contributed by atoms with Gasteiger partial charge in [-0.2, -0.15) is 13.2 Å². The molecule has 1 aliphatic carbocycles. The van der Waals surface area contributed by atoms with Gasteiger partial charge in [0.2, 0.25) is 6.29 Å². The van der Waals surface area contributed by atoms with Gasteiger partial charge in [0.1, 0.15) is 0 Å². The van der Waals surface area contributed by atoms with Gasteiger partial charge in [0.25, 0.3) is 0 Å². The first-order chi connectivity index (χ1) is 11.4. The minimum absolute atomic E-state index is 0.0340. The first-order valence-corrected chi connectivity index (χ1v) is 8.74. The van der Waals surface area contributed by atoms with Crippen LogP contribution in [0.2, 0.25) is 0 Å². The zero-order valence-corrected chi connectivity index (χ0v) is 14.0. The zero-order chi connectivity index (χ0) is 17.6. The second-order valence-corrected chi connectivity index (χ2v) is 6.78. The summed E-state index contributed by atoms with van der Waals surface area (Å²) in [5.41, 5.74) is 0. The minimum Gasteiger partial charge on any atom is -0.346 e. The zero-order valence-electron chi connectivity index (χ0n) is 14.0. The Kier molecular flexibility index (Phi) is 7.29. The van der Waals surface area contributed by atoms with Crippen molar-refractivity contribution < 1.29 is 27.0 Å². The maximum Gasteiger partial charge on any atom is 0.412 e. The molecule has 24 heavy (non-hydrogen) atoms. The van der Waals surface area contributed by atoms with Crippen LogP contribution in [0.15, 0.2) is 24.1 Å². The molecule has 0 radical (unpaired) electrons. The molecular formula is C18H26F4O2. The highest BCUT2D eigenvalue weighted by atomic mass is 19.4. The maximum atomic E-state index is 13.4. The van der Waals surface area contributed by atoms with E-state index in [-0.39, 0.29) is 19.1 Å². The molecule has 2 rings (SSSR count). The molecule has 2 aliphatic rings. The number of rotatable bonds is 5. The van der Waals surface area contributed by atoms with Crippen molar-refractivity contribution in [1.82, 2.24) is 0 Å². The van der Waals surface area contributed by atoms with Gasteiger partial charge in [-0.25, -0.2) is 4.39 Å². The normalized spacial score (nSPS) is 33.1. The van der Waals surface area contributed by atoms with Crippen molar-refractivity contribution >= 4 is 0 Å². The fraction of sp³-hybridized carbons (Fsp3) is 0.778. The smallest absolute Gasteiger partial charge is 0.346 e. The van der Waals surface area contributed by atoms with E-state index in [1.165, 1.54) is 38.5 Å². The third-order valence-electron chi connectivity index (χ3n) is 4.69. The van der Waals surface area contributed by atoms with E-state index in [0.717, 1.165) is 5.92 Å². The molecule has 0 bridgehead atoms. The van der Waals surface area contributed by atoms with Crippen LogP contribution >= 0.6 is 0 Å². The van der Waals surface area contributed by atoms with E-state index >= 15 is 0 Å². The van der Waals surface area contributed by atoms with Crippen LogP contribution in [-0.2, 0) is 9.47 Å². The minimum atomic E-state index is -4.70. The van der Waals surface area contributed by atoms with E-state index in [4.69, 9.17) is 9.47 Å². The summed E-state index contributed by atoms with van der Waals surface area (Å²) in [4.78, 5) is 0. The first-order valence-electron chi connectivity index (χ1n) is 8.74. The number of alkyl halides is 3. The SMILES string of the molecule is CCCC1CCC(/C=C/C2COC(/C(F)=C/C(F)(F)F)OC2)CC1.